The van der Waals surface area contributed by atoms with Crippen LogP contribution in [0, 0.1) is 0 Å². The topological polar surface area (TPSA) is 61.3 Å². The molecule has 1 saturated carbocycles. The Bertz CT molecular complexity index is 605. The van der Waals surface area contributed by atoms with Gasteiger partial charge in [-0.3, -0.25) is 0 Å². The van der Waals surface area contributed by atoms with Crippen molar-refractivity contribution >= 4 is 5.84 Å². The van der Waals surface area contributed by atoms with E-state index in [-0.39, 0.29) is 6.10 Å². The summed E-state index contributed by atoms with van der Waals surface area (Å²) in [5, 5.41) is 0. The average molecular weight is 318 g/mol. The quantitative estimate of drug-likeness (QED) is 0.924. The first-order valence-corrected chi connectivity index (χ1v) is 8.25. The molecule has 2 fully saturated rings. The number of amidine groups is 1. The minimum atomic E-state index is -0.568. The lowest BCUT2D eigenvalue weighted by Crippen LogP contribution is -2.30. The molecule has 6 heteroatoms. The van der Waals surface area contributed by atoms with Gasteiger partial charge in [-0.2, -0.15) is 0 Å². The van der Waals surface area contributed by atoms with Crippen molar-refractivity contribution in [3.63, 3.8) is 0 Å². The van der Waals surface area contributed by atoms with Crippen molar-refractivity contribution in [3.05, 3.63) is 23.8 Å². The second-order valence-electron chi connectivity index (χ2n) is 6.30. The molecular weight excluding hydrogens is 296 g/mol. The smallest absolute Gasteiger partial charge is 0.212 e. The zero-order chi connectivity index (χ0) is 15.7. The van der Waals surface area contributed by atoms with Gasteiger partial charge >= 0.3 is 0 Å². The molecule has 124 valence electrons. The van der Waals surface area contributed by atoms with E-state index in [0.29, 0.717) is 13.2 Å². The Morgan fingerprint density at radius 2 is 2.13 bits per heavy atom. The number of hydroxylamine groups is 1. The number of methoxy groups -OCH3 is 1. The normalized spacial score (nSPS) is 27.3. The lowest BCUT2D eigenvalue weighted by molar-refractivity contribution is -0.0564. The van der Waals surface area contributed by atoms with Crippen molar-refractivity contribution in [1.29, 1.82) is 0 Å². The largest absolute Gasteiger partial charge is 0.493 e. The lowest BCUT2D eigenvalue weighted by atomic mass is 10.1. The summed E-state index contributed by atoms with van der Waals surface area (Å²) < 4.78 is 17.0. The van der Waals surface area contributed by atoms with Crippen LogP contribution in [0.4, 0.5) is 0 Å². The van der Waals surface area contributed by atoms with Crippen LogP contribution >= 0.6 is 0 Å². The molecule has 23 heavy (non-hydrogen) atoms. The molecule has 1 unspecified atom stereocenters. The van der Waals surface area contributed by atoms with Crippen molar-refractivity contribution in [2.24, 2.45) is 4.99 Å². The molecule has 1 spiro atoms. The van der Waals surface area contributed by atoms with Crippen LogP contribution in [-0.4, -0.2) is 38.0 Å². The van der Waals surface area contributed by atoms with E-state index in [4.69, 9.17) is 19.0 Å². The first-order chi connectivity index (χ1) is 11.3. The van der Waals surface area contributed by atoms with E-state index in [2.05, 4.69) is 10.5 Å². The molecule has 1 aromatic carbocycles. The van der Waals surface area contributed by atoms with E-state index in [1.54, 1.807) is 7.11 Å². The van der Waals surface area contributed by atoms with Crippen LogP contribution in [0.5, 0.6) is 11.5 Å². The SMILES string of the molecule is COc1ccc(C2=NC3(CCOC3)ON2)cc1OC1CCCC1. The van der Waals surface area contributed by atoms with Gasteiger partial charge in [0.1, 0.15) is 0 Å². The van der Waals surface area contributed by atoms with E-state index in [0.717, 1.165) is 42.2 Å². The maximum atomic E-state index is 6.14. The zero-order valence-electron chi connectivity index (χ0n) is 13.3. The Labute approximate surface area is 135 Å². The number of aliphatic imine (C=N–C) groups is 1. The summed E-state index contributed by atoms with van der Waals surface area (Å²) in [6, 6.07) is 5.85. The molecular formula is C17H22N2O4. The van der Waals surface area contributed by atoms with E-state index in [1.807, 2.05) is 18.2 Å². The molecule has 6 nitrogen and oxygen atoms in total. The molecule has 2 aliphatic heterocycles. The van der Waals surface area contributed by atoms with E-state index in [9.17, 15) is 0 Å². The number of benzene rings is 1. The van der Waals surface area contributed by atoms with Gasteiger partial charge in [-0.1, -0.05) is 0 Å². The highest BCUT2D eigenvalue weighted by Crippen LogP contribution is 2.34. The summed E-state index contributed by atoms with van der Waals surface area (Å²) in [7, 11) is 1.66. The average Bonchev–Trinajstić information content (AvgIpc) is 3.32. The summed E-state index contributed by atoms with van der Waals surface area (Å²) >= 11 is 0. The highest BCUT2D eigenvalue weighted by molar-refractivity contribution is 5.99. The summed E-state index contributed by atoms with van der Waals surface area (Å²) in [6.45, 7) is 1.17. The van der Waals surface area contributed by atoms with Crippen molar-refractivity contribution in [1.82, 2.24) is 5.48 Å². The molecule has 0 bridgehead atoms. The van der Waals surface area contributed by atoms with Gasteiger partial charge in [0, 0.05) is 12.0 Å². The standard InChI is InChI=1S/C17H22N2O4/c1-20-14-7-6-12(10-15(14)22-13-4-2-3-5-13)16-18-17(23-19-16)8-9-21-11-17/h6-7,10,13H,2-5,8-9,11H2,1H3,(H,18,19). The monoisotopic (exact) mass is 318 g/mol. The fraction of sp³-hybridized carbons (Fsp3) is 0.588. The number of hydrogen-bond donors (Lipinski definition) is 1. The van der Waals surface area contributed by atoms with Crippen molar-refractivity contribution in [2.75, 3.05) is 20.3 Å². The third kappa shape index (κ3) is 2.88. The van der Waals surface area contributed by atoms with Crippen molar-refractivity contribution < 1.29 is 19.0 Å². The Morgan fingerprint density at radius 3 is 2.87 bits per heavy atom. The molecule has 0 aromatic heterocycles. The van der Waals surface area contributed by atoms with Crippen LogP contribution in [0.1, 0.15) is 37.7 Å². The molecule has 1 aliphatic carbocycles. The number of nitrogens with one attached hydrogen (secondary N) is 1. The third-order valence-corrected chi connectivity index (χ3v) is 4.65. The summed E-state index contributed by atoms with van der Waals surface area (Å²) in [6.07, 6.45) is 5.73. The van der Waals surface area contributed by atoms with Gasteiger partial charge in [-0.05, 0) is 43.9 Å². The second kappa shape index (κ2) is 6.02. The highest BCUT2D eigenvalue weighted by Gasteiger charge is 2.41. The van der Waals surface area contributed by atoms with Gasteiger partial charge in [0.25, 0.3) is 0 Å². The Hall–Kier alpha value is -1.79. The van der Waals surface area contributed by atoms with Crippen LogP contribution in [0.15, 0.2) is 23.2 Å². The van der Waals surface area contributed by atoms with Crippen LogP contribution in [0.2, 0.25) is 0 Å². The number of nitrogens with zero attached hydrogens (tertiary/aromatic N) is 1. The summed E-state index contributed by atoms with van der Waals surface area (Å²) in [4.78, 5) is 10.3. The van der Waals surface area contributed by atoms with Crippen LogP contribution in [-0.2, 0) is 9.57 Å². The van der Waals surface area contributed by atoms with Gasteiger partial charge in [-0.25, -0.2) is 15.3 Å². The number of hydrogen-bond acceptors (Lipinski definition) is 6. The Morgan fingerprint density at radius 1 is 1.26 bits per heavy atom. The number of rotatable bonds is 4. The third-order valence-electron chi connectivity index (χ3n) is 4.65. The highest BCUT2D eigenvalue weighted by atomic mass is 16.7. The van der Waals surface area contributed by atoms with E-state index in [1.165, 1.54) is 12.8 Å². The van der Waals surface area contributed by atoms with Gasteiger partial charge < -0.3 is 14.2 Å². The predicted octanol–water partition coefficient (Wildman–Crippen LogP) is 2.41. The fourth-order valence-electron chi connectivity index (χ4n) is 3.32. The Balaban J connectivity index is 1.59. The molecule has 0 amide bonds. The van der Waals surface area contributed by atoms with E-state index < -0.39 is 5.72 Å². The van der Waals surface area contributed by atoms with Crippen LogP contribution in [0.25, 0.3) is 0 Å². The van der Waals surface area contributed by atoms with Gasteiger partial charge in [-0.15, -0.1) is 0 Å². The lowest BCUT2D eigenvalue weighted by Gasteiger charge is -2.16. The van der Waals surface area contributed by atoms with Gasteiger partial charge in [0.05, 0.1) is 26.4 Å². The van der Waals surface area contributed by atoms with Gasteiger partial charge in [0.2, 0.25) is 5.72 Å². The van der Waals surface area contributed by atoms with E-state index >= 15 is 0 Å². The van der Waals surface area contributed by atoms with Crippen LogP contribution < -0.4 is 15.0 Å². The minimum absolute atomic E-state index is 0.281. The molecule has 2 heterocycles. The van der Waals surface area contributed by atoms with Gasteiger partial charge in [0.15, 0.2) is 17.3 Å². The molecule has 1 atom stereocenters. The molecule has 3 aliphatic rings. The molecule has 1 N–H and O–H groups in total. The first-order valence-electron chi connectivity index (χ1n) is 8.25. The maximum Gasteiger partial charge on any atom is 0.212 e. The first kappa shape index (κ1) is 14.8. The zero-order valence-corrected chi connectivity index (χ0v) is 13.3. The second-order valence-corrected chi connectivity index (χ2v) is 6.30. The maximum absolute atomic E-state index is 6.14. The molecule has 0 radical (unpaired) electrons. The fourth-order valence-corrected chi connectivity index (χ4v) is 3.32. The summed E-state index contributed by atoms with van der Waals surface area (Å²) in [5.41, 5.74) is 3.30. The molecule has 4 rings (SSSR count). The Kier molecular flexibility index (Phi) is 3.87. The van der Waals surface area contributed by atoms with Crippen molar-refractivity contribution in [2.45, 2.75) is 43.9 Å². The molecule has 1 aromatic rings. The predicted molar refractivity (Wildman–Crippen MR) is 84.8 cm³/mol. The summed E-state index contributed by atoms with van der Waals surface area (Å²) in [5.74, 6) is 2.23. The van der Waals surface area contributed by atoms with Crippen LogP contribution in [0.3, 0.4) is 0 Å². The number of ether oxygens (including phenoxy) is 3. The van der Waals surface area contributed by atoms with Crippen molar-refractivity contribution in [3.8, 4) is 11.5 Å². The minimum Gasteiger partial charge on any atom is -0.493 e. The molecule has 1 saturated heterocycles.